The smallest absolute Gasteiger partial charge is 0.260 e. The molecule has 1 aliphatic heterocycles. The third-order valence-corrected chi connectivity index (χ3v) is 4.73. The van der Waals surface area contributed by atoms with Crippen LogP contribution in [0.4, 0.5) is 0 Å². The summed E-state index contributed by atoms with van der Waals surface area (Å²) in [5, 5.41) is 0. The molecule has 2 aromatic carbocycles. The van der Waals surface area contributed by atoms with Crippen LogP contribution in [0.3, 0.4) is 0 Å². The van der Waals surface area contributed by atoms with Gasteiger partial charge in [0.1, 0.15) is 0 Å². The molecule has 0 atom stereocenters. The average Bonchev–Trinajstić information content (AvgIpc) is 2.75. The first-order valence-electron chi connectivity index (χ1n) is 9.52. The van der Waals surface area contributed by atoms with Gasteiger partial charge in [-0.15, -0.1) is 0 Å². The molecular weight excluding hydrogens is 358 g/mol. The van der Waals surface area contributed by atoms with Crippen molar-refractivity contribution in [3.05, 3.63) is 47.5 Å². The number of ether oxygens (including phenoxy) is 4. The van der Waals surface area contributed by atoms with Gasteiger partial charge in [-0.1, -0.05) is 19.1 Å². The van der Waals surface area contributed by atoms with E-state index in [4.69, 9.17) is 18.9 Å². The van der Waals surface area contributed by atoms with E-state index in [2.05, 4.69) is 0 Å². The summed E-state index contributed by atoms with van der Waals surface area (Å²) in [6.45, 7) is 3.83. The van der Waals surface area contributed by atoms with Gasteiger partial charge in [0.2, 0.25) is 0 Å². The average molecular weight is 385 g/mol. The first-order chi connectivity index (χ1) is 13.7. The highest BCUT2D eigenvalue weighted by atomic mass is 16.5. The Bertz CT molecular complexity index is 821. The number of para-hydroxylation sites is 2. The molecule has 0 N–H and O–H groups in total. The van der Waals surface area contributed by atoms with E-state index in [-0.39, 0.29) is 12.5 Å². The Labute approximate surface area is 166 Å². The van der Waals surface area contributed by atoms with E-state index in [0.717, 1.165) is 18.4 Å². The van der Waals surface area contributed by atoms with Crippen molar-refractivity contribution < 1.29 is 23.7 Å². The third kappa shape index (κ3) is 4.50. The van der Waals surface area contributed by atoms with Gasteiger partial charge in [0.05, 0.1) is 20.8 Å². The highest BCUT2D eigenvalue weighted by Gasteiger charge is 2.23. The van der Waals surface area contributed by atoms with E-state index < -0.39 is 0 Å². The third-order valence-electron chi connectivity index (χ3n) is 4.73. The van der Waals surface area contributed by atoms with Crippen molar-refractivity contribution in [2.75, 3.05) is 34.0 Å². The van der Waals surface area contributed by atoms with Crippen molar-refractivity contribution in [2.24, 2.45) is 0 Å². The molecule has 150 valence electrons. The van der Waals surface area contributed by atoms with Crippen LogP contribution in [0.2, 0.25) is 0 Å². The molecule has 28 heavy (non-hydrogen) atoms. The van der Waals surface area contributed by atoms with Crippen molar-refractivity contribution in [1.82, 2.24) is 4.90 Å². The Morgan fingerprint density at radius 2 is 1.61 bits per heavy atom. The number of methoxy groups -OCH3 is 2. The maximum absolute atomic E-state index is 12.7. The summed E-state index contributed by atoms with van der Waals surface area (Å²) in [6, 6.07) is 11.4. The zero-order chi connectivity index (χ0) is 19.9. The van der Waals surface area contributed by atoms with Gasteiger partial charge in [0.25, 0.3) is 5.91 Å². The number of fused-ring (bicyclic) bond motifs is 1. The van der Waals surface area contributed by atoms with Gasteiger partial charge in [-0.3, -0.25) is 4.79 Å². The molecule has 1 heterocycles. The van der Waals surface area contributed by atoms with Gasteiger partial charge in [0, 0.05) is 13.1 Å². The van der Waals surface area contributed by atoms with E-state index in [1.54, 1.807) is 14.2 Å². The SMILES string of the molecule is CCCOc1ccccc1OCC(=O)N1CCc2cc(OC)c(OC)cc2C1. The van der Waals surface area contributed by atoms with E-state index >= 15 is 0 Å². The summed E-state index contributed by atoms with van der Waals surface area (Å²) in [6.07, 6.45) is 1.69. The van der Waals surface area contributed by atoms with Crippen LogP contribution < -0.4 is 18.9 Å². The fourth-order valence-corrected chi connectivity index (χ4v) is 3.23. The van der Waals surface area contributed by atoms with Crippen LogP contribution in [0.25, 0.3) is 0 Å². The molecular formula is C22H27NO5. The standard InChI is InChI=1S/C22H27NO5/c1-4-11-27-18-7-5-6-8-19(18)28-15-22(24)23-10-9-16-12-20(25-2)21(26-3)13-17(16)14-23/h5-8,12-13H,4,9-11,14-15H2,1-3H3. The lowest BCUT2D eigenvalue weighted by atomic mass is 9.99. The number of carbonyl (C=O) groups excluding carboxylic acids is 1. The van der Waals surface area contributed by atoms with Gasteiger partial charge in [-0.25, -0.2) is 0 Å². The summed E-state index contributed by atoms with van der Waals surface area (Å²) in [7, 11) is 3.24. The minimum Gasteiger partial charge on any atom is -0.493 e. The molecule has 0 saturated carbocycles. The molecule has 1 aliphatic rings. The summed E-state index contributed by atoms with van der Waals surface area (Å²) >= 11 is 0. The molecule has 2 aromatic rings. The zero-order valence-electron chi connectivity index (χ0n) is 16.7. The zero-order valence-corrected chi connectivity index (χ0v) is 16.7. The highest BCUT2D eigenvalue weighted by molar-refractivity contribution is 5.78. The first-order valence-corrected chi connectivity index (χ1v) is 9.52. The monoisotopic (exact) mass is 385 g/mol. The lowest BCUT2D eigenvalue weighted by Gasteiger charge is -2.29. The predicted molar refractivity (Wildman–Crippen MR) is 106 cm³/mol. The molecule has 0 unspecified atom stereocenters. The molecule has 0 radical (unpaired) electrons. The summed E-state index contributed by atoms with van der Waals surface area (Å²) < 4.78 is 22.2. The number of hydrogen-bond acceptors (Lipinski definition) is 5. The normalized spacial score (nSPS) is 12.9. The van der Waals surface area contributed by atoms with Crippen molar-refractivity contribution in [3.63, 3.8) is 0 Å². The molecule has 1 amide bonds. The van der Waals surface area contributed by atoms with Crippen LogP contribution in [0.1, 0.15) is 24.5 Å². The molecule has 6 heteroatoms. The summed E-state index contributed by atoms with van der Waals surface area (Å²) in [5.74, 6) is 2.60. The minimum atomic E-state index is -0.0503. The highest BCUT2D eigenvalue weighted by Crippen LogP contribution is 2.33. The van der Waals surface area contributed by atoms with Gasteiger partial charge in [0.15, 0.2) is 29.6 Å². The van der Waals surface area contributed by atoms with Crippen molar-refractivity contribution in [1.29, 1.82) is 0 Å². The molecule has 0 aromatic heterocycles. The number of nitrogens with zero attached hydrogens (tertiary/aromatic N) is 1. The van der Waals surface area contributed by atoms with Gasteiger partial charge < -0.3 is 23.8 Å². The number of benzene rings is 2. The second-order valence-electron chi connectivity index (χ2n) is 6.63. The fourth-order valence-electron chi connectivity index (χ4n) is 3.23. The van der Waals surface area contributed by atoms with Crippen molar-refractivity contribution in [2.45, 2.75) is 26.3 Å². The molecule has 6 nitrogen and oxygen atoms in total. The Morgan fingerprint density at radius 3 is 2.25 bits per heavy atom. The molecule has 3 rings (SSSR count). The van der Waals surface area contributed by atoms with E-state index in [1.165, 1.54) is 5.56 Å². The molecule has 0 fully saturated rings. The Balaban J connectivity index is 1.64. The number of amides is 1. The second-order valence-corrected chi connectivity index (χ2v) is 6.63. The fraction of sp³-hybridized carbons (Fsp3) is 0.409. The maximum Gasteiger partial charge on any atom is 0.260 e. The van der Waals surface area contributed by atoms with Crippen LogP contribution in [-0.4, -0.2) is 44.8 Å². The lowest BCUT2D eigenvalue weighted by Crippen LogP contribution is -2.38. The minimum absolute atomic E-state index is 0.0187. The summed E-state index contributed by atoms with van der Waals surface area (Å²) in [4.78, 5) is 14.5. The Kier molecular flexibility index (Phi) is 6.63. The largest absolute Gasteiger partial charge is 0.493 e. The first kappa shape index (κ1) is 19.9. The number of rotatable bonds is 8. The molecule has 0 bridgehead atoms. The second kappa shape index (κ2) is 9.35. The predicted octanol–water partition coefficient (Wildman–Crippen LogP) is 3.46. The van der Waals surface area contributed by atoms with Gasteiger partial charge in [-0.05, 0) is 48.2 Å². The van der Waals surface area contributed by atoms with Crippen LogP contribution in [0, 0.1) is 0 Å². The Hall–Kier alpha value is -2.89. The number of hydrogen-bond donors (Lipinski definition) is 0. The Morgan fingerprint density at radius 1 is 0.964 bits per heavy atom. The van der Waals surface area contributed by atoms with Crippen LogP contribution >= 0.6 is 0 Å². The van der Waals surface area contributed by atoms with Crippen molar-refractivity contribution >= 4 is 5.91 Å². The van der Waals surface area contributed by atoms with Crippen LogP contribution in [-0.2, 0) is 17.8 Å². The van der Waals surface area contributed by atoms with E-state index in [9.17, 15) is 4.79 Å². The van der Waals surface area contributed by atoms with Crippen molar-refractivity contribution in [3.8, 4) is 23.0 Å². The molecule has 0 spiro atoms. The van der Waals surface area contributed by atoms with E-state index in [0.29, 0.717) is 42.7 Å². The quantitative estimate of drug-likeness (QED) is 0.697. The van der Waals surface area contributed by atoms with Gasteiger partial charge in [-0.2, -0.15) is 0 Å². The van der Waals surface area contributed by atoms with Crippen LogP contribution in [0.15, 0.2) is 36.4 Å². The summed E-state index contributed by atoms with van der Waals surface area (Å²) in [5.41, 5.74) is 2.25. The van der Waals surface area contributed by atoms with Crippen LogP contribution in [0.5, 0.6) is 23.0 Å². The number of carbonyl (C=O) groups is 1. The molecule has 0 saturated heterocycles. The molecule has 0 aliphatic carbocycles. The topological polar surface area (TPSA) is 57.2 Å². The maximum atomic E-state index is 12.7. The van der Waals surface area contributed by atoms with E-state index in [1.807, 2.05) is 48.2 Å². The van der Waals surface area contributed by atoms with Gasteiger partial charge >= 0.3 is 0 Å². The lowest BCUT2D eigenvalue weighted by molar-refractivity contribution is -0.134.